The fourth-order valence-electron chi connectivity index (χ4n) is 2.92. The highest BCUT2D eigenvalue weighted by molar-refractivity contribution is 7.91. The van der Waals surface area contributed by atoms with Gasteiger partial charge in [0, 0.05) is 19.0 Å². The lowest BCUT2D eigenvalue weighted by Crippen LogP contribution is -2.40. The predicted octanol–water partition coefficient (Wildman–Crippen LogP) is 0.831. The molecule has 4 N–H and O–H groups in total. The van der Waals surface area contributed by atoms with Crippen molar-refractivity contribution in [3.63, 3.8) is 0 Å². The fourth-order valence-corrected chi connectivity index (χ4v) is 3.76. The van der Waals surface area contributed by atoms with Crippen LogP contribution in [0.15, 0.2) is 22.6 Å². The van der Waals surface area contributed by atoms with Crippen molar-refractivity contribution in [1.29, 1.82) is 0 Å². The smallest absolute Gasteiger partial charge is 0.407 e. The van der Waals surface area contributed by atoms with Crippen LogP contribution < -0.4 is 15.2 Å². The number of piperidine rings is 1. The van der Waals surface area contributed by atoms with Gasteiger partial charge >= 0.3 is 16.3 Å². The van der Waals surface area contributed by atoms with Crippen LogP contribution in [-0.2, 0) is 10.2 Å². The highest BCUT2D eigenvalue weighted by Gasteiger charge is 2.26. The number of amidine groups is 1. The van der Waals surface area contributed by atoms with Crippen LogP contribution >= 0.6 is 0 Å². The van der Waals surface area contributed by atoms with Gasteiger partial charge in [-0.1, -0.05) is 6.07 Å². The van der Waals surface area contributed by atoms with E-state index >= 15 is 0 Å². The first-order chi connectivity index (χ1) is 11.4. The summed E-state index contributed by atoms with van der Waals surface area (Å²) >= 11 is 0. The summed E-state index contributed by atoms with van der Waals surface area (Å²) < 4.78 is 34.7. The third kappa shape index (κ3) is 3.37. The van der Waals surface area contributed by atoms with Gasteiger partial charge in [-0.2, -0.15) is 8.42 Å². The van der Waals surface area contributed by atoms with Crippen LogP contribution in [0.3, 0.4) is 0 Å². The number of nitrogens with two attached hydrogens (primary N) is 1. The van der Waals surface area contributed by atoms with Crippen LogP contribution in [0.5, 0.6) is 5.75 Å². The van der Waals surface area contributed by atoms with E-state index in [1.807, 2.05) is 0 Å². The summed E-state index contributed by atoms with van der Waals surface area (Å²) in [4.78, 5) is 12.4. The summed E-state index contributed by atoms with van der Waals surface area (Å²) in [6, 6.07) is 4.91. The number of carbonyl (C=O) groups is 1. The molecule has 1 saturated heterocycles. The van der Waals surface area contributed by atoms with E-state index in [1.165, 1.54) is 4.90 Å². The van der Waals surface area contributed by atoms with E-state index in [0.717, 1.165) is 12.8 Å². The van der Waals surface area contributed by atoms with Gasteiger partial charge in [0.25, 0.3) is 0 Å². The molecule has 1 amide bonds. The molecular formula is C14H18N4O5S. The minimum Gasteiger partial charge on any atom is -0.492 e. The van der Waals surface area contributed by atoms with Crippen molar-refractivity contribution < 1.29 is 23.1 Å². The van der Waals surface area contributed by atoms with E-state index in [2.05, 4.69) is 9.12 Å². The van der Waals surface area contributed by atoms with Crippen molar-refractivity contribution in [3.8, 4) is 5.75 Å². The molecule has 10 heteroatoms. The Balaban J connectivity index is 1.74. The van der Waals surface area contributed by atoms with Crippen molar-refractivity contribution in [2.75, 3.05) is 24.4 Å². The summed E-state index contributed by atoms with van der Waals surface area (Å²) in [6.45, 7) is 1.27. The molecule has 2 heterocycles. The fraction of sp³-hybridized carbons (Fsp3) is 0.429. The largest absolute Gasteiger partial charge is 0.492 e. The summed E-state index contributed by atoms with van der Waals surface area (Å²) in [5, 5.41) is 9.07. The van der Waals surface area contributed by atoms with Crippen LogP contribution in [0.2, 0.25) is 0 Å². The van der Waals surface area contributed by atoms with Gasteiger partial charge in [0.2, 0.25) is 0 Å². The minimum atomic E-state index is -3.83. The van der Waals surface area contributed by atoms with Gasteiger partial charge < -0.3 is 20.5 Å². The molecule has 130 valence electrons. The normalized spacial score (nSPS) is 22.1. The van der Waals surface area contributed by atoms with Crippen LogP contribution in [0.4, 0.5) is 10.5 Å². The predicted molar refractivity (Wildman–Crippen MR) is 87.5 cm³/mol. The molecule has 1 atom stereocenters. The summed E-state index contributed by atoms with van der Waals surface area (Å²) in [5.41, 5.74) is 6.47. The third-order valence-corrected chi connectivity index (χ3v) is 4.92. The Morgan fingerprint density at radius 1 is 1.50 bits per heavy atom. The monoisotopic (exact) mass is 354 g/mol. The number of rotatable bonds is 3. The SMILES string of the molecule is NC1=NS(=O)(=O)Nc2cccc(OCC3CCCN(C(=O)O)C3)c21. The Morgan fingerprint density at radius 3 is 3.04 bits per heavy atom. The first-order valence-electron chi connectivity index (χ1n) is 7.48. The molecule has 1 aromatic rings. The maximum atomic E-state index is 11.6. The maximum absolute atomic E-state index is 11.6. The first-order valence-corrected chi connectivity index (χ1v) is 8.92. The number of amides is 1. The van der Waals surface area contributed by atoms with Crippen molar-refractivity contribution in [3.05, 3.63) is 23.8 Å². The molecule has 0 spiro atoms. The molecule has 1 unspecified atom stereocenters. The Bertz CT molecular complexity index is 792. The molecule has 3 rings (SSSR count). The molecule has 9 nitrogen and oxygen atoms in total. The van der Waals surface area contributed by atoms with Gasteiger partial charge in [-0.3, -0.25) is 4.72 Å². The van der Waals surface area contributed by atoms with Gasteiger partial charge in [-0.05, 0) is 25.0 Å². The van der Waals surface area contributed by atoms with E-state index < -0.39 is 16.3 Å². The van der Waals surface area contributed by atoms with Crippen molar-refractivity contribution in [2.24, 2.45) is 16.0 Å². The highest BCUT2D eigenvalue weighted by Crippen LogP contribution is 2.31. The average molecular weight is 354 g/mol. The number of hydrogen-bond donors (Lipinski definition) is 3. The van der Waals surface area contributed by atoms with E-state index in [4.69, 9.17) is 15.6 Å². The minimum absolute atomic E-state index is 0.0733. The zero-order valence-electron chi connectivity index (χ0n) is 12.8. The first kappa shape index (κ1) is 16.4. The lowest BCUT2D eigenvalue weighted by Gasteiger charge is -2.30. The lowest BCUT2D eigenvalue weighted by molar-refractivity contribution is 0.105. The second-order valence-electron chi connectivity index (χ2n) is 5.78. The quantitative estimate of drug-likeness (QED) is 0.736. The molecule has 24 heavy (non-hydrogen) atoms. The summed E-state index contributed by atoms with van der Waals surface area (Å²) in [7, 11) is -3.83. The number of nitrogens with one attached hydrogen (secondary N) is 1. The number of nitrogens with zero attached hydrogens (tertiary/aromatic N) is 2. The molecule has 2 aliphatic rings. The molecule has 0 radical (unpaired) electrons. The van der Waals surface area contributed by atoms with Crippen molar-refractivity contribution in [1.82, 2.24) is 4.90 Å². The van der Waals surface area contributed by atoms with Crippen LogP contribution in [-0.4, -0.2) is 50.0 Å². The van der Waals surface area contributed by atoms with Gasteiger partial charge in [0.05, 0.1) is 17.9 Å². The molecule has 0 saturated carbocycles. The average Bonchev–Trinajstić information content (AvgIpc) is 2.51. The van der Waals surface area contributed by atoms with Gasteiger partial charge in [-0.15, -0.1) is 4.40 Å². The Hall–Kier alpha value is -2.49. The molecule has 0 bridgehead atoms. The van der Waals surface area contributed by atoms with Crippen LogP contribution in [0, 0.1) is 5.92 Å². The number of carboxylic acid groups (broad SMARTS) is 1. The second kappa shape index (κ2) is 6.19. The molecule has 1 fully saturated rings. The zero-order chi connectivity index (χ0) is 17.3. The number of benzene rings is 1. The molecule has 1 aromatic carbocycles. The summed E-state index contributed by atoms with van der Waals surface area (Å²) in [6.07, 6.45) is 0.730. The number of anilines is 1. The number of fused-ring (bicyclic) bond motifs is 1. The highest BCUT2D eigenvalue weighted by atomic mass is 32.2. The van der Waals surface area contributed by atoms with E-state index in [0.29, 0.717) is 36.7 Å². The third-order valence-electron chi connectivity index (χ3n) is 4.00. The lowest BCUT2D eigenvalue weighted by atomic mass is 9.99. The van der Waals surface area contributed by atoms with E-state index in [1.54, 1.807) is 18.2 Å². The summed E-state index contributed by atoms with van der Waals surface area (Å²) in [5.74, 6) is 0.364. The van der Waals surface area contributed by atoms with E-state index in [-0.39, 0.29) is 11.8 Å². The number of likely N-dealkylation sites (tertiary alicyclic amines) is 1. The molecular weight excluding hydrogens is 336 g/mol. The Labute approximate surface area is 139 Å². The zero-order valence-corrected chi connectivity index (χ0v) is 13.6. The van der Waals surface area contributed by atoms with Crippen molar-refractivity contribution in [2.45, 2.75) is 12.8 Å². The van der Waals surface area contributed by atoms with Gasteiger partial charge in [0.1, 0.15) is 5.75 Å². The van der Waals surface area contributed by atoms with E-state index in [9.17, 15) is 13.2 Å². The Morgan fingerprint density at radius 2 is 2.29 bits per heavy atom. The van der Waals surface area contributed by atoms with Crippen LogP contribution in [0.25, 0.3) is 0 Å². The Kier molecular flexibility index (Phi) is 4.22. The molecule has 0 aromatic heterocycles. The standard InChI is InChI=1S/C14H18N4O5S/c15-13-12-10(16-24(21,22)17-13)4-1-5-11(12)23-8-9-3-2-6-18(7-9)14(19)20/h1,4-5,9,16H,2-3,6-8H2,(H2,15,17)(H,19,20). The second-order valence-corrected chi connectivity index (χ2v) is 7.12. The number of ether oxygens (including phenoxy) is 1. The molecule has 2 aliphatic heterocycles. The van der Waals surface area contributed by atoms with Gasteiger partial charge in [0.15, 0.2) is 5.84 Å². The van der Waals surface area contributed by atoms with Crippen molar-refractivity contribution >= 4 is 27.8 Å². The van der Waals surface area contributed by atoms with Crippen LogP contribution in [0.1, 0.15) is 18.4 Å². The topological polar surface area (TPSA) is 134 Å². The molecule has 0 aliphatic carbocycles. The maximum Gasteiger partial charge on any atom is 0.407 e. The number of hydrogen-bond acceptors (Lipinski definition) is 5. The van der Waals surface area contributed by atoms with Gasteiger partial charge in [-0.25, -0.2) is 4.79 Å².